The van der Waals surface area contributed by atoms with Crippen molar-refractivity contribution in [2.45, 2.75) is 19.8 Å². The van der Waals surface area contributed by atoms with Crippen molar-refractivity contribution in [3.8, 4) is 5.75 Å². The number of aromatic nitrogens is 1. The van der Waals surface area contributed by atoms with Crippen LogP contribution in [0.5, 0.6) is 5.75 Å². The van der Waals surface area contributed by atoms with E-state index in [1.54, 1.807) is 12.3 Å². The van der Waals surface area contributed by atoms with Crippen LogP contribution in [-0.4, -0.2) is 24.7 Å². The molecule has 0 unspecified atom stereocenters. The molecule has 1 heterocycles. The molecule has 108 valence electrons. The Kier molecular flexibility index (Phi) is 5.89. The van der Waals surface area contributed by atoms with Crippen molar-refractivity contribution < 1.29 is 4.74 Å². The first-order valence-electron chi connectivity index (χ1n) is 6.80. The molecule has 0 aliphatic carbocycles. The molecule has 2 rings (SSSR count). The maximum atomic E-state index is 6.21. The van der Waals surface area contributed by atoms with Crippen LogP contribution in [0, 0.1) is 0 Å². The summed E-state index contributed by atoms with van der Waals surface area (Å²) in [4.78, 5) is 4.32. The van der Waals surface area contributed by atoms with Gasteiger partial charge >= 0.3 is 0 Å². The van der Waals surface area contributed by atoms with E-state index in [0.29, 0.717) is 27.9 Å². The summed E-state index contributed by atoms with van der Waals surface area (Å²) >= 11 is 12.4. The molecule has 0 saturated heterocycles. The lowest BCUT2D eigenvalue weighted by molar-refractivity contribution is 0.311. The number of nitrogens with one attached hydrogen (secondary N) is 1. The summed E-state index contributed by atoms with van der Waals surface area (Å²) < 4.78 is 5.79. The average Bonchev–Trinajstić information content (AvgIpc) is 2.45. The average molecular weight is 313 g/mol. The third-order valence-corrected chi connectivity index (χ3v) is 3.51. The number of halogens is 2. The van der Waals surface area contributed by atoms with Gasteiger partial charge < -0.3 is 10.1 Å². The predicted molar refractivity (Wildman–Crippen MR) is 85.0 cm³/mol. The van der Waals surface area contributed by atoms with Crippen LogP contribution >= 0.6 is 23.2 Å². The molecule has 0 atom stereocenters. The zero-order valence-corrected chi connectivity index (χ0v) is 13.0. The minimum absolute atomic E-state index is 0.503. The molecule has 5 heteroatoms. The summed E-state index contributed by atoms with van der Waals surface area (Å²) in [6, 6.07) is 5.47. The molecule has 1 N–H and O–H groups in total. The molecule has 3 nitrogen and oxygen atoms in total. The molecule has 0 aliphatic heterocycles. The van der Waals surface area contributed by atoms with Crippen molar-refractivity contribution in [3.63, 3.8) is 0 Å². The number of benzene rings is 1. The Morgan fingerprint density at radius 1 is 1.25 bits per heavy atom. The van der Waals surface area contributed by atoms with Crippen LogP contribution in [0.25, 0.3) is 10.9 Å². The van der Waals surface area contributed by atoms with Crippen molar-refractivity contribution in [1.29, 1.82) is 0 Å². The first-order valence-corrected chi connectivity index (χ1v) is 7.56. The second-order valence-corrected chi connectivity index (χ2v) is 5.34. The number of hydrogen-bond acceptors (Lipinski definition) is 3. The summed E-state index contributed by atoms with van der Waals surface area (Å²) in [5.41, 5.74) is 0.714. The van der Waals surface area contributed by atoms with Crippen molar-refractivity contribution >= 4 is 34.1 Å². The molecule has 0 radical (unpaired) electrons. The van der Waals surface area contributed by atoms with Gasteiger partial charge in [0.1, 0.15) is 5.52 Å². The highest BCUT2D eigenvalue weighted by Gasteiger charge is 2.12. The summed E-state index contributed by atoms with van der Waals surface area (Å²) in [5, 5.41) is 5.29. The summed E-state index contributed by atoms with van der Waals surface area (Å²) in [6.07, 6.45) is 3.77. The van der Waals surface area contributed by atoms with E-state index in [1.807, 2.05) is 12.1 Å². The lowest BCUT2D eigenvalue weighted by Gasteiger charge is -2.11. The van der Waals surface area contributed by atoms with Gasteiger partial charge in [-0.15, -0.1) is 0 Å². The zero-order chi connectivity index (χ0) is 14.4. The van der Waals surface area contributed by atoms with Gasteiger partial charge in [0.15, 0.2) is 5.75 Å². The van der Waals surface area contributed by atoms with Crippen molar-refractivity contribution in [3.05, 3.63) is 34.4 Å². The Morgan fingerprint density at radius 2 is 2.10 bits per heavy atom. The lowest BCUT2D eigenvalue weighted by atomic mass is 10.2. The lowest BCUT2D eigenvalue weighted by Crippen LogP contribution is -2.18. The van der Waals surface area contributed by atoms with E-state index in [1.165, 1.54) is 0 Å². The Labute approximate surface area is 129 Å². The van der Waals surface area contributed by atoms with Crippen LogP contribution in [0.2, 0.25) is 10.0 Å². The van der Waals surface area contributed by atoms with Gasteiger partial charge in [-0.2, -0.15) is 0 Å². The summed E-state index contributed by atoms with van der Waals surface area (Å²) in [5.74, 6) is 0.613. The molecule has 0 aliphatic rings. The minimum atomic E-state index is 0.503. The van der Waals surface area contributed by atoms with E-state index >= 15 is 0 Å². The first kappa shape index (κ1) is 15.4. The molecule has 20 heavy (non-hydrogen) atoms. The second-order valence-electron chi connectivity index (χ2n) is 4.52. The molecule has 0 spiro atoms. The number of fused-ring (bicyclic) bond motifs is 1. The summed E-state index contributed by atoms with van der Waals surface area (Å²) in [7, 11) is 0. The highest BCUT2D eigenvalue weighted by atomic mass is 35.5. The molecule has 0 bridgehead atoms. The Morgan fingerprint density at radius 3 is 2.90 bits per heavy atom. The zero-order valence-electron chi connectivity index (χ0n) is 11.5. The quantitative estimate of drug-likeness (QED) is 0.773. The normalized spacial score (nSPS) is 10.9. The number of nitrogens with zero attached hydrogens (tertiary/aromatic N) is 1. The van der Waals surface area contributed by atoms with Gasteiger partial charge in [-0.25, -0.2) is 0 Å². The fraction of sp³-hybridized carbons (Fsp3) is 0.400. The van der Waals surface area contributed by atoms with Crippen molar-refractivity contribution in [1.82, 2.24) is 10.3 Å². The molecule has 0 amide bonds. The topological polar surface area (TPSA) is 34.1 Å². The third kappa shape index (κ3) is 3.75. The highest BCUT2D eigenvalue weighted by Crippen LogP contribution is 2.36. The molecule has 0 fully saturated rings. The number of hydrogen-bond donors (Lipinski definition) is 1. The number of ether oxygens (including phenoxy) is 1. The highest BCUT2D eigenvalue weighted by molar-refractivity contribution is 6.39. The predicted octanol–water partition coefficient (Wildman–Crippen LogP) is 4.31. The van der Waals surface area contributed by atoms with E-state index in [2.05, 4.69) is 17.2 Å². The molecular weight excluding hydrogens is 295 g/mol. The second kappa shape index (κ2) is 7.67. The van der Waals surface area contributed by atoms with Gasteiger partial charge in [-0.3, -0.25) is 4.98 Å². The van der Waals surface area contributed by atoms with Crippen LogP contribution in [0.15, 0.2) is 24.4 Å². The van der Waals surface area contributed by atoms with E-state index in [-0.39, 0.29) is 0 Å². The van der Waals surface area contributed by atoms with Crippen LogP contribution < -0.4 is 10.1 Å². The van der Waals surface area contributed by atoms with E-state index in [4.69, 9.17) is 27.9 Å². The van der Waals surface area contributed by atoms with Crippen LogP contribution in [0.4, 0.5) is 0 Å². The SMILES string of the molecule is CCCNCCCOc1c(Cl)cc(Cl)c2cccnc12. The number of rotatable bonds is 7. The molecular formula is C15H18Cl2N2O. The Hall–Kier alpha value is -1.03. The Balaban J connectivity index is 2.06. The van der Waals surface area contributed by atoms with E-state index < -0.39 is 0 Å². The van der Waals surface area contributed by atoms with Gasteiger partial charge in [0.2, 0.25) is 0 Å². The van der Waals surface area contributed by atoms with Gasteiger partial charge in [0, 0.05) is 11.6 Å². The first-order chi connectivity index (χ1) is 9.74. The molecule has 0 saturated carbocycles. The van der Waals surface area contributed by atoms with Gasteiger partial charge in [-0.05, 0) is 44.1 Å². The smallest absolute Gasteiger partial charge is 0.164 e. The third-order valence-electron chi connectivity index (χ3n) is 2.92. The van der Waals surface area contributed by atoms with Crippen LogP contribution in [-0.2, 0) is 0 Å². The minimum Gasteiger partial charge on any atom is -0.490 e. The van der Waals surface area contributed by atoms with E-state index in [9.17, 15) is 0 Å². The van der Waals surface area contributed by atoms with Gasteiger partial charge in [-0.1, -0.05) is 30.1 Å². The fourth-order valence-electron chi connectivity index (χ4n) is 1.96. The maximum Gasteiger partial charge on any atom is 0.164 e. The van der Waals surface area contributed by atoms with Crippen molar-refractivity contribution in [2.75, 3.05) is 19.7 Å². The van der Waals surface area contributed by atoms with Crippen LogP contribution in [0.3, 0.4) is 0 Å². The standard InChI is InChI=1S/C15H18Cl2N2O/c1-2-6-18-7-4-9-20-15-13(17)10-12(16)11-5-3-8-19-14(11)15/h3,5,8,10,18H,2,4,6-7,9H2,1H3. The maximum absolute atomic E-state index is 6.21. The molecule has 1 aromatic heterocycles. The largest absolute Gasteiger partial charge is 0.490 e. The fourth-order valence-corrected chi connectivity index (χ4v) is 2.53. The number of pyridine rings is 1. The monoisotopic (exact) mass is 312 g/mol. The van der Waals surface area contributed by atoms with Crippen molar-refractivity contribution in [2.24, 2.45) is 0 Å². The van der Waals surface area contributed by atoms with Gasteiger partial charge in [0.25, 0.3) is 0 Å². The van der Waals surface area contributed by atoms with E-state index in [0.717, 1.165) is 31.3 Å². The van der Waals surface area contributed by atoms with Crippen LogP contribution in [0.1, 0.15) is 19.8 Å². The summed E-state index contributed by atoms with van der Waals surface area (Å²) in [6.45, 7) is 4.72. The molecule has 1 aromatic carbocycles. The Bertz CT molecular complexity index is 575. The van der Waals surface area contributed by atoms with Gasteiger partial charge in [0.05, 0.1) is 16.7 Å². The molecule has 2 aromatic rings.